The SMILES string of the molecule is CC(=O)SCCC(F)C(F)C(F)C(F)(F)CF. The van der Waals surface area contributed by atoms with Crippen molar-refractivity contribution in [1.29, 1.82) is 0 Å². The van der Waals surface area contributed by atoms with E-state index in [0.717, 1.165) is 0 Å². The van der Waals surface area contributed by atoms with E-state index in [0.29, 0.717) is 11.8 Å². The molecule has 102 valence electrons. The smallest absolute Gasteiger partial charge is 0.288 e. The van der Waals surface area contributed by atoms with Crippen molar-refractivity contribution >= 4 is 16.9 Å². The fraction of sp³-hybridized carbons (Fsp3) is 0.889. The zero-order valence-corrected chi connectivity index (χ0v) is 9.75. The summed E-state index contributed by atoms with van der Waals surface area (Å²) < 4.78 is 75.1. The van der Waals surface area contributed by atoms with E-state index in [1.165, 1.54) is 6.92 Å². The molecule has 0 rings (SSSR count). The van der Waals surface area contributed by atoms with Crippen LogP contribution in [0.3, 0.4) is 0 Å². The summed E-state index contributed by atoms with van der Waals surface area (Å²) in [4.78, 5) is 10.4. The van der Waals surface area contributed by atoms with Crippen molar-refractivity contribution < 1.29 is 31.1 Å². The van der Waals surface area contributed by atoms with Gasteiger partial charge in [0.2, 0.25) is 0 Å². The molecule has 0 aliphatic heterocycles. The van der Waals surface area contributed by atoms with Gasteiger partial charge in [-0.2, -0.15) is 0 Å². The van der Waals surface area contributed by atoms with Gasteiger partial charge in [-0.3, -0.25) is 4.79 Å². The Balaban J connectivity index is 4.20. The van der Waals surface area contributed by atoms with Gasteiger partial charge in [-0.1, -0.05) is 11.8 Å². The number of thioether (sulfide) groups is 1. The van der Waals surface area contributed by atoms with Gasteiger partial charge >= 0.3 is 5.92 Å². The van der Waals surface area contributed by atoms with Crippen LogP contribution in [0.25, 0.3) is 0 Å². The molecule has 0 fully saturated rings. The van der Waals surface area contributed by atoms with Crippen molar-refractivity contribution in [3.8, 4) is 0 Å². The van der Waals surface area contributed by atoms with Gasteiger partial charge in [0.25, 0.3) is 0 Å². The second kappa shape index (κ2) is 7.13. The first-order valence-electron chi connectivity index (χ1n) is 4.71. The lowest BCUT2D eigenvalue weighted by molar-refractivity contribution is -0.123. The normalized spacial score (nSPS) is 17.6. The summed E-state index contributed by atoms with van der Waals surface area (Å²) in [6.07, 6.45) is -9.71. The summed E-state index contributed by atoms with van der Waals surface area (Å²) in [6, 6.07) is 0. The van der Waals surface area contributed by atoms with E-state index in [2.05, 4.69) is 0 Å². The summed E-state index contributed by atoms with van der Waals surface area (Å²) in [5.74, 6) is -4.68. The third kappa shape index (κ3) is 5.65. The van der Waals surface area contributed by atoms with Crippen LogP contribution in [0.1, 0.15) is 13.3 Å². The van der Waals surface area contributed by atoms with Crippen LogP contribution in [-0.4, -0.2) is 42.0 Å². The molecule has 17 heavy (non-hydrogen) atoms. The second-order valence-corrected chi connectivity index (χ2v) is 4.66. The molecule has 0 aromatic carbocycles. The van der Waals surface area contributed by atoms with Crippen LogP contribution >= 0.6 is 11.8 Å². The highest BCUT2D eigenvalue weighted by Gasteiger charge is 2.48. The first-order valence-corrected chi connectivity index (χ1v) is 5.70. The molecule has 0 aliphatic rings. The number of carbonyl (C=O) groups is 1. The van der Waals surface area contributed by atoms with Gasteiger partial charge in [0.05, 0.1) is 0 Å². The Labute approximate surface area is 98.9 Å². The van der Waals surface area contributed by atoms with Crippen LogP contribution in [0.5, 0.6) is 0 Å². The highest BCUT2D eigenvalue weighted by molar-refractivity contribution is 8.13. The molecule has 0 saturated carbocycles. The van der Waals surface area contributed by atoms with E-state index in [1.54, 1.807) is 0 Å². The molecule has 3 unspecified atom stereocenters. The number of hydrogen-bond donors (Lipinski definition) is 0. The van der Waals surface area contributed by atoms with Crippen LogP contribution in [0, 0.1) is 0 Å². The van der Waals surface area contributed by atoms with Crippen LogP contribution in [0.4, 0.5) is 26.3 Å². The van der Waals surface area contributed by atoms with Crippen molar-refractivity contribution in [2.45, 2.75) is 37.8 Å². The lowest BCUT2D eigenvalue weighted by atomic mass is 10.1. The van der Waals surface area contributed by atoms with Gasteiger partial charge in [0.15, 0.2) is 24.1 Å². The van der Waals surface area contributed by atoms with E-state index in [1.807, 2.05) is 0 Å². The van der Waals surface area contributed by atoms with Crippen LogP contribution in [0.15, 0.2) is 0 Å². The largest absolute Gasteiger partial charge is 0.309 e. The summed E-state index contributed by atoms with van der Waals surface area (Å²) >= 11 is 0.672. The molecule has 8 heteroatoms. The number of halogens is 6. The van der Waals surface area contributed by atoms with Crippen LogP contribution < -0.4 is 0 Å². The zero-order valence-electron chi connectivity index (χ0n) is 8.94. The molecule has 0 bridgehead atoms. The number of alkyl halides is 6. The zero-order chi connectivity index (χ0) is 13.6. The summed E-state index contributed by atoms with van der Waals surface area (Å²) in [5.41, 5.74) is 0. The van der Waals surface area contributed by atoms with E-state index >= 15 is 0 Å². The second-order valence-electron chi connectivity index (χ2n) is 3.39. The molecule has 0 radical (unpaired) electrons. The minimum absolute atomic E-state index is 0.148. The fourth-order valence-corrected chi connectivity index (χ4v) is 1.59. The standard InChI is InChI=1S/C9H12F6OS/c1-5(16)17-3-2-6(11)7(12)8(13)9(14,15)4-10/h6-8H,2-4H2,1H3. The molecule has 0 aliphatic carbocycles. The Morgan fingerprint density at radius 1 is 1.29 bits per heavy atom. The van der Waals surface area contributed by atoms with Crippen molar-refractivity contribution in [3.63, 3.8) is 0 Å². The molecule has 0 N–H and O–H groups in total. The lowest BCUT2D eigenvalue weighted by Crippen LogP contribution is -2.43. The molecule has 1 nitrogen and oxygen atoms in total. The first-order chi connectivity index (χ1) is 7.72. The van der Waals surface area contributed by atoms with Gasteiger partial charge < -0.3 is 0 Å². The van der Waals surface area contributed by atoms with E-state index in [-0.39, 0.29) is 10.9 Å². The quantitative estimate of drug-likeness (QED) is 0.667. The number of hydrogen-bond acceptors (Lipinski definition) is 2. The van der Waals surface area contributed by atoms with Crippen LogP contribution in [0.2, 0.25) is 0 Å². The minimum Gasteiger partial charge on any atom is -0.288 e. The van der Waals surface area contributed by atoms with Gasteiger partial charge in [-0.25, -0.2) is 26.3 Å². The van der Waals surface area contributed by atoms with Gasteiger partial charge in [0, 0.05) is 12.7 Å². The highest BCUT2D eigenvalue weighted by Crippen LogP contribution is 2.29. The van der Waals surface area contributed by atoms with Crippen molar-refractivity contribution in [2.75, 3.05) is 12.4 Å². The third-order valence-corrected chi connectivity index (χ3v) is 2.75. The summed E-state index contributed by atoms with van der Waals surface area (Å²) in [5, 5.41) is -0.349. The minimum atomic E-state index is -4.53. The lowest BCUT2D eigenvalue weighted by Gasteiger charge is -2.22. The van der Waals surface area contributed by atoms with E-state index in [4.69, 9.17) is 0 Å². The maximum absolute atomic E-state index is 13.0. The number of rotatable bonds is 7. The van der Waals surface area contributed by atoms with Gasteiger partial charge in [0.1, 0.15) is 6.17 Å². The first kappa shape index (κ1) is 16.6. The monoisotopic (exact) mass is 282 g/mol. The molecule has 3 atom stereocenters. The Hall–Kier alpha value is -0.400. The average molecular weight is 282 g/mol. The maximum atomic E-state index is 13.0. The van der Waals surface area contributed by atoms with Crippen molar-refractivity contribution in [2.24, 2.45) is 0 Å². The average Bonchev–Trinajstić information content (AvgIpc) is 2.26. The topological polar surface area (TPSA) is 17.1 Å². The summed E-state index contributed by atoms with van der Waals surface area (Å²) in [6.45, 7) is -1.19. The molecule has 0 spiro atoms. The predicted octanol–water partition coefficient (Wildman–Crippen LogP) is 3.28. The fourth-order valence-electron chi connectivity index (χ4n) is 0.964. The van der Waals surface area contributed by atoms with Crippen LogP contribution in [-0.2, 0) is 4.79 Å². The molecule has 0 aromatic heterocycles. The Bertz CT molecular complexity index is 250. The maximum Gasteiger partial charge on any atom is 0.309 e. The predicted molar refractivity (Wildman–Crippen MR) is 53.4 cm³/mol. The third-order valence-electron chi connectivity index (χ3n) is 1.91. The summed E-state index contributed by atoms with van der Waals surface area (Å²) in [7, 11) is 0. The Kier molecular flexibility index (Phi) is 6.96. The molecule has 0 aromatic rings. The van der Waals surface area contributed by atoms with E-state index in [9.17, 15) is 31.1 Å². The number of carbonyl (C=O) groups excluding carboxylic acids is 1. The van der Waals surface area contributed by atoms with Gasteiger partial charge in [-0.15, -0.1) is 0 Å². The Morgan fingerprint density at radius 2 is 1.82 bits per heavy atom. The van der Waals surface area contributed by atoms with Crippen molar-refractivity contribution in [3.05, 3.63) is 0 Å². The van der Waals surface area contributed by atoms with Gasteiger partial charge in [-0.05, 0) is 6.42 Å². The molecule has 0 amide bonds. The molecular formula is C9H12F6OS. The molecule has 0 saturated heterocycles. The van der Waals surface area contributed by atoms with E-state index < -0.39 is 37.5 Å². The van der Waals surface area contributed by atoms with Crippen molar-refractivity contribution in [1.82, 2.24) is 0 Å². The molecule has 0 heterocycles. The highest BCUT2D eigenvalue weighted by atomic mass is 32.2. The molecular weight excluding hydrogens is 270 g/mol. The Morgan fingerprint density at radius 3 is 2.24 bits per heavy atom.